The molecular formula is C12H15ClN2O3. The molecule has 0 bridgehead atoms. The van der Waals surface area contributed by atoms with Crippen LogP contribution < -0.4 is 5.73 Å². The van der Waals surface area contributed by atoms with Crippen LogP contribution in [0.15, 0.2) is 18.2 Å². The lowest BCUT2D eigenvalue weighted by atomic mass is 10.1. The number of carbonyl (C=O) groups excluding carboxylic acids is 1. The molecule has 1 fully saturated rings. The Bertz CT molecular complexity index is 433. The van der Waals surface area contributed by atoms with Gasteiger partial charge in [0.05, 0.1) is 36.4 Å². The predicted octanol–water partition coefficient (Wildman–Crippen LogP) is 0.756. The molecule has 98 valence electrons. The molecule has 1 atom stereocenters. The standard InChI is InChI=1S/C12H15ClN2O3/c13-9-2-1-3-10(14)11(9)12(17)15-4-5-18-7-8(15)6-16/h1-3,8,16H,4-7,14H2. The quantitative estimate of drug-likeness (QED) is 0.778. The summed E-state index contributed by atoms with van der Waals surface area (Å²) in [6.45, 7) is 1.06. The van der Waals surface area contributed by atoms with Gasteiger partial charge in [0.15, 0.2) is 0 Å². The number of nitrogens with two attached hydrogens (primary N) is 1. The topological polar surface area (TPSA) is 75.8 Å². The van der Waals surface area contributed by atoms with E-state index in [4.69, 9.17) is 22.1 Å². The fraction of sp³-hybridized carbons (Fsp3) is 0.417. The average molecular weight is 271 g/mol. The maximum Gasteiger partial charge on any atom is 0.257 e. The Balaban J connectivity index is 2.30. The van der Waals surface area contributed by atoms with Crippen molar-refractivity contribution in [2.45, 2.75) is 6.04 Å². The molecule has 1 aliphatic rings. The summed E-state index contributed by atoms with van der Waals surface area (Å²) in [5.41, 5.74) is 6.42. The van der Waals surface area contributed by atoms with Crippen LogP contribution in [-0.4, -0.2) is 48.3 Å². The van der Waals surface area contributed by atoms with Crippen molar-refractivity contribution >= 4 is 23.2 Å². The Morgan fingerprint density at radius 2 is 2.39 bits per heavy atom. The first-order chi connectivity index (χ1) is 8.65. The first kappa shape index (κ1) is 13.1. The van der Waals surface area contributed by atoms with E-state index in [9.17, 15) is 9.90 Å². The third-order valence-corrected chi connectivity index (χ3v) is 3.27. The van der Waals surface area contributed by atoms with E-state index in [1.165, 1.54) is 0 Å². The van der Waals surface area contributed by atoms with Gasteiger partial charge in [0.2, 0.25) is 0 Å². The minimum absolute atomic E-state index is 0.143. The summed E-state index contributed by atoms with van der Waals surface area (Å²) in [6.07, 6.45) is 0. The Morgan fingerprint density at radius 1 is 1.61 bits per heavy atom. The second-order valence-corrected chi connectivity index (χ2v) is 4.52. The Labute approximate surface area is 110 Å². The number of anilines is 1. The minimum Gasteiger partial charge on any atom is -0.398 e. The highest BCUT2D eigenvalue weighted by Gasteiger charge is 2.29. The van der Waals surface area contributed by atoms with Gasteiger partial charge >= 0.3 is 0 Å². The predicted molar refractivity (Wildman–Crippen MR) is 68.6 cm³/mol. The van der Waals surface area contributed by atoms with E-state index in [1.807, 2.05) is 0 Å². The van der Waals surface area contributed by atoms with Crippen molar-refractivity contribution in [3.8, 4) is 0 Å². The first-order valence-electron chi connectivity index (χ1n) is 5.68. The van der Waals surface area contributed by atoms with Gasteiger partial charge in [0.1, 0.15) is 0 Å². The number of aliphatic hydroxyl groups is 1. The van der Waals surface area contributed by atoms with Gasteiger partial charge in [-0.15, -0.1) is 0 Å². The van der Waals surface area contributed by atoms with Crippen molar-refractivity contribution in [2.24, 2.45) is 0 Å². The normalized spacial score (nSPS) is 19.9. The molecular weight excluding hydrogens is 256 g/mol. The summed E-state index contributed by atoms with van der Waals surface area (Å²) < 4.78 is 5.23. The van der Waals surface area contributed by atoms with E-state index >= 15 is 0 Å². The molecule has 18 heavy (non-hydrogen) atoms. The lowest BCUT2D eigenvalue weighted by Gasteiger charge is -2.34. The Kier molecular flexibility index (Phi) is 4.06. The van der Waals surface area contributed by atoms with Crippen LogP contribution in [-0.2, 0) is 4.74 Å². The van der Waals surface area contributed by atoms with Gasteiger partial charge in [-0.25, -0.2) is 0 Å². The SMILES string of the molecule is Nc1cccc(Cl)c1C(=O)N1CCOCC1CO. The number of morpholine rings is 1. The van der Waals surface area contributed by atoms with E-state index in [0.717, 1.165) is 0 Å². The van der Waals surface area contributed by atoms with Crippen molar-refractivity contribution in [1.82, 2.24) is 4.90 Å². The number of hydrogen-bond acceptors (Lipinski definition) is 4. The van der Waals surface area contributed by atoms with Gasteiger partial charge in [-0.2, -0.15) is 0 Å². The Morgan fingerprint density at radius 3 is 3.06 bits per heavy atom. The van der Waals surface area contributed by atoms with Crippen LogP contribution in [0, 0.1) is 0 Å². The molecule has 1 aromatic rings. The minimum atomic E-state index is -0.345. The molecule has 0 spiro atoms. The molecule has 1 aliphatic heterocycles. The molecule has 0 radical (unpaired) electrons. The van der Waals surface area contributed by atoms with Gasteiger partial charge in [-0.1, -0.05) is 17.7 Å². The molecule has 1 heterocycles. The molecule has 1 aromatic carbocycles. The third kappa shape index (κ3) is 2.43. The number of carbonyl (C=O) groups is 1. The molecule has 0 aromatic heterocycles. The number of aliphatic hydroxyl groups excluding tert-OH is 1. The highest BCUT2D eigenvalue weighted by Crippen LogP contribution is 2.25. The summed E-state index contributed by atoms with van der Waals surface area (Å²) in [5, 5.41) is 9.58. The number of amides is 1. The smallest absolute Gasteiger partial charge is 0.257 e. The van der Waals surface area contributed by atoms with Crippen LogP contribution in [0.4, 0.5) is 5.69 Å². The monoisotopic (exact) mass is 270 g/mol. The number of nitrogens with zero attached hydrogens (tertiary/aromatic N) is 1. The van der Waals surface area contributed by atoms with Crippen LogP contribution in [0.1, 0.15) is 10.4 Å². The first-order valence-corrected chi connectivity index (χ1v) is 6.06. The van der Waals surface area contributed by atoms with Crippen molar-refractivity contribution in [2.75, 3.05) is 32.1 Å². The third-order valence-electron chi connectivity index (χ3n) is 2.96. The second kappa shape index (κ2) is 5.56. The zero-order chi connectivity index (χ0) is 13.1. The van der Waals surface area contributed by atoms with E-state index in [-0.39, 0.29) is 18.6 Å². The second-order valence-electron chi connectivity index (χ2n) is 4.11. The van der Waals surface area contributed by atoms with Gasteiger partial charge in [0, 0.05) is 12.2 Å². The van der Waals surface area contributed by atoms with Crippen molar-refractivity contribution < 1.29 is 14.6 Å². The van der Waals surface area contributed by atoms with Crippen molar-refractivity contribution in [3.05, 3.63) is 28.8 Å². The summed E-state index contributed by atoms with van der Waals surface area (Å²) in [4.78, 5) is 14.0. The molecule has 5 nitrogen and oxygen atoms in total. The summed E-state index contributed by atoms with van der Waals surface area (Å²) >= 11 is 6.01. The zero-order valence-electron chi connectivity index (χ0n) is 9.80. The summed E-state index contributed by atoms with van der Waals surface area (Å²) in [7, 11) is 0. The van der Waals surface area contributed by atoms with Gasteiger partial charge in [-0.05, 0) is 12.1 Å². The summed E-state index contributed by atoms with van der Waals surface area (Å²) in [6, 6.07) is 4.60. The van der Waals surface area contributed by atoms with Crippen LogP contribution in [0.5, 0.6) is 0 Å². The van der Waals surface area contributed by atoms with E-state index in [0.29, 0.717) is 36.0 Å². The fourth-order valence-electron chi connectivity index (χ4n) is 1.98. The van der Waals surface area contributed by atoms with E-state index < -0.39 is 0 Å². The molecule has 6 heteroatoms. The highest BCUT2D eigenvalue weighted by atomic mass is 35.5. The highest BCUT2D eigenvalue weighted by molar-refractivity contribution is 6.34. The van der Waals surface area contributed by atoms with Crippen molar-refractivity contribution in [3.63, 3.8) is 0 Å². The Hall–Kier alpha value is -1.30. The van der Waals surface area contributed by atoms with Gasteiger partial charge in [0.25, 0.3) is 5.91 Å². The number of rotatable bonds is 2. The zero-order valence-corrected chi connectivity index (χ0v) is 10.6. The number of nitrogen functional groups attached to an aromatic ring is 1. The van der Waals surface area contributed by atoms with Gasteiger partial charge in [-0.3, -0.25) is 4.79 Å². The molecule has 3 N–H and O–H groups in total. The van der Waals surface area contributed by atoms with E-state index in [1.54, 1.807) is 23.1 Å². The molecule has 2 rings (SSSR count). The summed E-state index contributed by atoms with van der Waals surface area (Å²) in [5.74, 6) is -0.263. The lowest BCUT2D eigenvalue weighted by molar-refractivity contribution is -0.0183. The number of ether oxygens (including phenoxy) is 1. The number of hydrogen-bond donors (Lipinski definition) is 2. The van der Waals surface area contributed by atoms with Gasteiger partial charge < -0.3 is 20.5 Å². The maximum absolute atomic E-state index is 12.4. The molecule has 1 saturated heterocycles. The number of halogens is 1. The van der Waals surface area contributed by atoms with E-state index in [2.05, 4.69) is 0 Å². The largest absolute Gasteiger partial charge is 0.398 e. The van der Waals surface area contributed by atoms with Crippen LogP contribution >= 0.6 is 11.6 Å². The molecule has 1 amide bonds. The average Bonchev–Trinajstić information content (AvgIpc) is 2.38. The molecule has 1 unspecified atom stereocenters. The van der Waals surface area contributed by atoms with Crippen LogP contribution in [0.3, 0.4) is 0 Å². The number of benzene rings is 1. The van der Waals surface area contributed by atoms with Crippen LogP contribution in [0.25, 0.3) is 0 Å². The fourth-order valence-corrected chi connectivity index (χ4v) is 2.25. The maximum atomic E-state index is 12.4. The van der Waals surface area contributed by atoms with Crippen LogP contribution in [0.2, 0.25) is 5.02 Å². The lowest BCUT2D eigenvalue weighted by Crippen LogP contribution is -2.50. The molecule has 0 aliphatic carbocycles. The molecule has 0 saturated carbocycles. The van der Waals surface area contributed by atoms with Crippen molar-refractivity contribution in [1.29, 1.82) is 0 Å².